The molecule has 0 fully saturated rings. The standard InChI is InChI=1S/C13H16ClN3O3S/c1-2-5-17-9-16-7-11(17)8-20-12-4-3-10(14)6-13(12)21(15,18)19/h3-4,6-7,9H,2,5,8H2,1H3,(H2,15,18,19). The largest absolute Gasteiger partial charge is 0.486 e. The van der Waals surface area contributed by atoms with E-state index in [9.17, 15) is 8.42 Å². The molecule has 2 rings (SSSR count). The van der Waals surface area contributed by atoms with Crippen LogP contribution in [0.2, 0.25) is 5.02 Å². The Labute approximate surface area is 128 Å². The van der Waals surface area contributed by atoms with Crippen molar-refractivity contribution in [1.29, 1.82) is 0 Å². The Bertz CT molecular complexity index is 728. The quantitative estimate of drug-likeness (QED) is 0.879. The highest BCUT2D eigenvalue weighted by Gasteiger charge is 2.16. The zero-order valence-electron chi connectivity index (χ0n) is 11.5. The van der Waals surface area contributed by atoms with Crippen LogP contribution in [0.5, 0.6) is 5.75 Å². The number of nitrogens with zero attached hydrogens (tertiary/aromatic N) is 2. The van der Waals surface area contributed by atoms with Crippen molar-refractivity contribution in [2.24, 2.45) is 5.14 Å². The number of aromatic nitrogens is 2. The van der Waals surface area contributed by atoms with Crippen molar-refractivity contribution in [2.75, 3.05) is 0 Å². The first-order valence-corrected chi connectivity index (χ1v) is 8.28. The molecule has 2 aromatic rings. The Morgan fingerprint density at radius 3 is 2.86 bits per heavy atom. The number of imidazole rings is 1. The summed E-state index contributed by atoms with van der Waals surface area (Å²) < 4.78 is 30.6. The van der Waals surface area contributed by atoms with Crippen LogP contribution >= 0.6 is 11.6 Å². The number of aryl methyl sites for hydroxylation is 1. The van der Waals surface area contributed by atoms with Crippen molar-refractivity contribution in [2.45, 2.75) is 31.4 Å². The van der Waals surface area contributed by atoms with Gasteiger partial charge < -0.3 is 9.30 Å². The molecular formula is C13H16ClN3O3S. The molecule has 1 aromatic carbocycles. The number of sulfonamides is 1. The number of nitrogens with two attached hydrogens (primary N) is 1. The van der Waals surface area contributed by atoms with Gasteiger partial charge in [0.25, 0.3) is 0 Å². The van der Waals surface area contributed by atoms with E-state index >= 15 is 0 Å². The first-order valence-electron chi connectivity index (χ1n) is 6.36. The number of primary sulfonamides is 1. The SMILES string of the molecule is CCCn1cncc1COc1ccc(Cl)cc1S(N)(=O)=O. The maximum Gasteiger partial charge on any atom is 0.241 e. The summed E-state index contributed by atoms with van der Waals surface area (Å²) in [5, 5.41) is 5.45. The number of benzene rings is 1. The Balaban J connectivity index is 2.22. The van der Waals surface area contributed by atoms with Crippen LogP contribution in [0.3, 0.4) is 0 Å². The van der Waals surface area contributed by atoms with E-state index in [1.807, 2.05) is 4.57 Å². The van der Waals surface area contributed by atoms with Crippen LogP contribution in [-0.4, -0.2) is 18.0 Å². The molecule has 6 nitrogen and oxygen atoms in total. The van der Waals surface area contributed by atoms with E-state index < -0.39 is 10.0 Å². The Morgan fingerprint density at radius 1 is 1.43 bits per heavy atom. The minimum Gasteiger partial charge on any atom is -0.486 e. The lowest BCUT2D eigenvalue weighted by Crippen LogP contribution is -2.14. The van der Waals surface area contributed by atoms with Crippen LogP contribution in [0.4, 0.5) is 0 Å². The van der Waals surface area contributed by atoms with Crippen molar-refractivity contribution in [3.63, 3.8) is 0 Å². The molecule has 2 N–H and O–H groups in total. The van der Waals surface area contributed by atoms with Gasteiger partial charge in [-0.2, -0.15) is 0 Å². The van der Waals surface area contributed by atoms with Gasteiger partial charge in [-0.1, -0.05) is 18.5 Å². The summed E-state index contributed by atoms with van der Waals surface area (Å²) in [7, 11) is -3.90. The summed E-state index contributed by atoms with van der Waals surface area (Å²) in [4.78, 5) is 3.93. The second kappa shape index (κ2) is 6.46. The molecular weight excluding hydrogens is 314 g/mol. The van der Waals surface area contributed by atoms with Gasteiger partial charge >= 0.3 is 0 Å². The maximum absolute atomic E-state index is 11.6. The molecule has 0 bridgehead atoms. The monoisotopic (exact) mass is 329 g/mol. The van der Waals surface area contributed by atoms with E-state index in [4.69, 9.17) is 21.5 Å². The third kappa shape index (κ3) is 3.96. The molecule has 0 aliphatic heterocycles. The van der Waals surface area contributed by atoms with E-state index in [0.717, 1.165) is 18.7 Å². The molecule has 0 atom stereocenters. The lowest BCUT2D eigenvalue weighted by atomic mass is 10.3. The molecule has 0 saturated heterocycles. The fraction of sp³-hybridized carbons (Fsp3) is 0.308. The van der Waals surface area contributed by atoms with Crippen LogP contribution in [0.1, 0.15) is 19.0 Å². The normalized spacial score (nSPS) is 11.6. The molecule has 0 spiro atoms. The van der Waals surface area contributed by atoms with Crippen LogP contribution in [0.15, 0.2) is 35.6 Å². The summed E-state index contributed by atoms with van der Waals surface area (Å²) in [6, 6.07) is 4.31. The molecule has 0 unspecified atom stereocenters. The minimum atomic E-state index is -3.90. The molecule has 0 amide bonds. The van der Waals surface area contributed by atoms with Crippen molar-refractivity contribution in [3.8, 4) is 5.75 Å². The molecule has 1 aromatic heterocycles. The van der Waals surface area contributed by atoms with Crippen LogP contribution < -0.4 is 9.88 Å². The first-order chi connectivity index (χ1) is 9.91. The maximum atomic E-state index is 11.6. The number of ether oxygens (including phenoxy) is 1. The Hall–Kier alpha value is -1.57. The van der Waals surface area contributed by atoms with Gasteiger partial charge in [-0.3, -0.25) is 0 Å². The second-order valence-corrected chi connectivity index (χ2v) is 6.47. The van der Waals surface area contributed by atoms with E-state index in [2.05, 4.69) is 11.9 Å². The zero-order chi connectivity index (χ0) is 15.5. The Morgan fingerprint density at radius 2 is 2.19 bits per heavy atom. The molecule has 1 heterocycles. The van der Waals surface area contributed by atoms with E-state index in [-0.39, 0.29) is 22.3 Å². The lowest BCUT2D eigenvalue weighted by molar-refractivity contribution is 0.287. The smallest absolute Gasteiger partial charge is 0.241 e. The van der Waals surface area contributed by atoms with Crippen molar-refractivity contribution >= 4 is 21.6 Å². The number of halogens is 1. The number of hydrogen-bond donors (Lipinski definition) is 1. The highest BCUT2D eigenvalue weighted by atomic mass is 35.5. The molecule has 114 valence electrons. The van der Waals surface area contributed by atoms with Crippen LogP contribution in [0.25, 0.3) is 0 Å². The summed E-state index contributed by atoms with van der Waals surface area (Å²) in [5.41, 5.74) is 0.854. The molecule has 0 aliphatic rings. The van der Waals surface area contributed by atoms with Crippen molar-refractivity contribution in [3.05, 3.63) is 41.4 Å². The van der Waals surface area contributed by atoms with Crippen LogP contribution in [0, 0.1) is 0 Å². The predicted molar refractivity (Wildman–Crippen MR) is 79.7 cm³/mol. The Kier molecular flexibility index (Phi) is 4.87. The lowest BCUT2D eigenvalue weighted by Gasteiger charge is -2.12. The number of hydrogen-bond acceptors (Lipinski definition) is 4. The molecule has 21 heavy (non-hydrogen) atoms. The van der Waals surface area contributed by atoms with Gasteiger partial charge in [0.1, 0.15) is 17.3 Å². The van der Waals surface area contributed by atoms with Gasteiger partial charge in [-0.25, -0.2) is 18.5 Å². The average Bonchev–Trinajstić information content (AvgIpc) is 2.84. The van der Waals surface area contributed by atoms with Gasteiger partial charge in [0.2, 0.25) is 10.0 Å². The summed E-state index contributed by atoms with van der Waals surface area (Å²) in [6.45, 7) is 3.08. The molecule has 0 aliphatic carbocycles. The van der Waals surface area contributed by atoms with Crippen molar-refractivity contribution in [1.82, 2.24) is 9.55 Å². The molecule has 0 radical (unpaired) electrons. The third-order valence-electron chi connectivity index (χ3n) is 2.85. The first kappa shape index (κ1) is 15.8. The zero-order valence-corrected chi connectivity index (χ0v) is 13.1. The highest BCUT2D eigenvalue weighted by Crippen LogP contribution is 2.27. The van der Waals surface area contributed by atoms with Gasteiger partial charge in [-0.05, 0) is 24.6 Å². The predicted octanol–water partition coefficient (Wildman–Crippen LogP) is 2.17. The van der Waals surface area contributed by atoms with Gasteiger partial charge in [0.05, 0.1) is 18.2 Å². The van der Waals surface area contributed by atoms with E-state index in [0.29, 0.717) is 0 Å². The average molecular weight is 330 g/mol. The van der Waals surface area contributed by atoms with Gasteiger partial charge in [0, 0.05) is 11.6 Å². The summed E-state index contributed by atoms with van der Waals surface area (Å²) >= 11 is 5.80. The fourth-order valence-corrected chi connectivity index (χ4v) is 2.82. The fourth-order valence-electron chi connectivity index (χ4n) is 1.89. The van der Waals surface area contributed by atoms with Crippen LogP contribution in [-0.2, 0) is 23.2 Å². The summed E-state index contributed by atoms with van der Waals surface area (Å²) in [6.07, 6.45) is 4.36. The van der Waals surface area contributed by atoms with Gasteiger partial charge in [-0.15, -0.1) is 0 Å². The number of rotatable bonds is 6. The summed E-state index contributed by atoms with van der Waals surface area (Å²) in [5.74, 6) is 0.172. The molecule has 8 heteroatoms. The van der Waals surface area contributed by atoms with Crippen molar-refractivity contribution < 1.29 is 13.2 Å². The topological polar surface area (TPSA) is 87.2 Å². The van der Waals surface area contributed by atoms with Gasteiger partial charge in [0.15, 0.2) is 0 Å². The third-order valence-corrected chi connectivity index (χ3v) is 4.02. The van der Waals surface area contributed by atoms with E-state index in [1.165, 1.54) is 12.1 Å². The minimum absolute atomic E-state index is 0.128. The second-order valence-electron chi connectivity index (χ2n) is 4.50. The highest BCUT2D eigenvalue weighted by molar-refractivity contribution is 7.89. The molecule has 0 saturated carbocycles. The van der Waals surface area contributed by atoms with E-state index in [1.54, 1.807) is 18.6 Å².